The van der Waals surface area contributed by atoms with Crippen molar-refractivity contribution in [1.29, 1.82) is 0 Å². The van der Waals surface area contributed by atoms with Crippen molar-refractivity contribution in [3.05, 3.63) is 24.5 Å². The maximum Gasteiger partial charge on any atom is 0.324 e. The van der Waals surface area contributed by atoms with Crippen molar-refractivity contribution >= 4 is 16.0 Å². The van der Waals surface area contributed by atoms with E-state index in [2.05, 4.69) is 14.4 Å². The van der Waals surface area contributed by atoms with E-state index in [1.807, 2.05) is 0 Å². The van der Waals surface area contributed by atoms with Crippen LogP contribution in [0, 0.1) is 5.41 Å². The maximum atomic E-state index is 12.2. The molecule has 1 unspecified atom stereocenters. The molecule has 7 heteroatoms. The van der Waals surface area contributed by atoms with Crippen molar-refractivity contribution in [3.8, 4) is 0 Å². The van der Waals surface area contributed by atoms with Crippen LogP contribution in [-0.2, 0) is 19.6 Å². The van der Waals surface area contributed by atoms with Gasteiger partial charge in [-0.15, -0.1) is 0 Å². The Bertz CT molecular complexity index is 535. The van der Waals surface area contributed by atoms with E-state index < -0.39 is 27.4 Å². The van der Waals surface area contributed by atoms with Gasteiger partial charge in [0.2, 0.25) is 10.0 Å². The van der Waals surface area contributed by atoms with E-state index in [0.29, 0.717) is 0 Å². The summed E-state index contributed by atoms with van der Waals surface area (Å²) in [5, 5.41) is 0. The fourth-order valence-corrected chi connectivity index (χ4v) is 2.78. The van der Waals surface area contributed by atoms with Gasteiger partial charge in [0.25, 0.3) is 0 Å². The summed E-state index contributed by atoms with van der Waals surface area (Å²) in [7, 11) is -2.59. The van der Waals surface area contributed by atoms with Crippen molar-refractivity contribution < 1.29 is 17.9 Å². The van der Waals surface area contributed by atoms with Crippen LogP contribution in [0.3, 0.4) is 0 Å². The molecule has 0 spiro atoms. The molecule has 0 aliphatic carbocycles. The van der Waals surface area contributed by atoms with Gasteiger partial charge in [-0.1, -0.05) is 20.8 Å². The average Bonchev–Trinajstić information content (AvgIpc) is 2.35. The lowest BCUT2D eigenvalue weighted by atomic mass is 9.87. The molecule has 0 saturated carbocycles. The number of esters is 1. The second kappa shape index (κ2) is 5.66. The molecule has 1 rings (SSSR count). The minimum absolute atomic E-state index is 0.00755. The second-order valence-corrected chi connectivity index (χ2v) is 6.85. The van der Waals surface area contributed by atoms with Gasteiger partial charge in [0, 0.05) is 12.4 Å². The van der Waals surface area contributed by atoms with Gasteiger partial charge >= 0.3 is 5.97 Å². The Kier molecular flexibility index (Phi) is 4.65. The molecule has 0 aliphatic rings. The summed E-state index contributed by atoms with van der Waals surface area (Å²) in [5.74, 6) is -0.625. The van der Waals surface area contributed by atoms with E-state index in [9.17, 15) is 13.2 Å². The van der Waals surface area contributed by atoms with Crippen molar-refractivity contribution in [2.24, 2.45) is 5.41 Å². The van der Waals surface area contributed by atoms with Crippen LogP contribution in [0.5, 0.6) is 0 Å². The highest BCUT2D eigenvalue weighted by atomic mass is 32.2. The Labute approximate surface area is 113 Å². The largest absolute Gasteiger partial charge is 0.468 e. The zero-order valence-corrected chi connectivity index (χ0v) is 12.2. The normalized spacial score (nSPS) is 13.9. The van der Waals surface area contributed by atoms with E-state index >= 15 is 0 Å². The minimum Gasteiger partial charge on any atom is -0.468 e. The van der Waals surface area contributed by atoms with Crippen LogP contribution in [0.4, 0.5) is 0 Å². The lowest BCUT2D eigenvalue weighted by molar-refractivity contribution is -0.145. The summed E-state index contributed by atoms with van der Waals surface area (Å²) >= 11 is 0. The summed E-state index contributed by atoms with van der Waals surface area (Å²) < 4.78 is 31.3. The first-order chi connectivity index (χ1) is 8.68. The smallest absolute Gasteiger partial charge is 0.324 e. The molecule has 1 atom stereocenters. The van der Waals surface area contributed by atoms with Crippen LogP contribution < -0.4 is 4.72 Å². The van der Waals surface area contributed by atoms with Crippen LogP contribution in [-0.4, -0.2) is 32.5 Å². The lowest BCUT2D eigenvalue weighted by Gasteiger charge is -2.28. The Balaban J connectivity index is 3.07. The Morgan fingerprint density at radius 3 is 2.47 bits per heavy atom. The van der Waals surface area contributed by atoms with Crippen molar-refractivity contribution in [2.45, 2.75) is 31.7 Å². The van der Waals surface area contributed by atoms with Gasteiger partial charge in [0.05, 0.1) is 7.11 Å². The van der Waals surface area contributed by atoms with Crippen molar-refractivity contribution in [2.75, 3.05) is 7.11 Å². The number of aromatic nitrogens is 1. The third-order valence-electron chi connectivity index (χ3n) is 2.52. The third kappa shape index (κ3) is 4.00. The molecule has 19 heavy (non-hydrogen) atoms. The van der Waals surface area contributed by atoms with Gasteiger partial charge in [-0.2, -0.15) is 4.72 Å². The number of rotatable bonds is 4. The fourth-order valence-electron chi connectivity index (χ4n) is 1.43. The monoisotopic (exact) mass is 286 g/mol. The molecule has 0 aliphatic heterocycles. The van der Waals surface area contributed by atoms with E-state index in [-0.39, 0.29) is 4.90 Å². The summed E-state index contributed by atoms with van der Waals surface area (Å²) in [5.41, 5.74) is -0.609. The minimum atomic E-state index is -3.81. The molecule has 0 bridgehead atoms. The first kappa shape index (κ1) is 15.6. The summed E-state index contributed by atoms with van der Waals surface area (Å²) in [4.78, 5) is 15.5. The van der Waals surface area contributed by atoms with E-state index in [0.717, 1.165) is 0 Å². The number of methoxy groups -OCH3 is 1. The number of carbonyl (C=O) groups is 1. The summed E-state index contributed by atoms with van der Waals surface area (Å²) in [6.07, 6.45) is 2.69. The second-order valence-electron chi connectivity index (χ2n) is 5.13. The molecule has 6 nitrogen and oxygen atoms in total. The van der Waals surface area contributed by atoms with E-state index in [4.69, 9.17) is 0 Å². The number of pyridine rings is 1. The molecular weight excluding hydrogens is 268 g/mol. The molecule has 1 aromatic rings. The highest BCUT2D eigenvalue weighted by molar-refractivity contribution is 7.89. The van der Waals surface area contributed by atoms with Gasteiger partial charge in [-0.3, -0.25) is 9.78 Å². The number of hydrogen-bond donors (Lipinski definition) is 1. The van der Waals surface area contributed by atoms with Crippen molar-refractivity contribution in [3.63, 3.8) is 0 Å². The maximum absolute atomic E-state index is 12.2. The quantitative estimate of drug-likeness (QED) is 0.833. The Morgan fingerprint density at radius 1 is 1.42 bits per heavy atom. The lowest BCUT2D eigenvalue weighted by Crippen LogP contribution is -2.49. The molecule has 1 N–H and O–H groups in total. The molecule has 1 aromatic heterocycles. The topological polar surface area (TPSA) is 85.4 Å². The molecule has 0 saturated heterocycles. The zero-order valence-electron chi connectivity index (χ0n) is 11.4. The Hall–Kier alpha value is -1.47. The molecule has 0 amide bonds. The first-order valence-corrected chi connectivity index (χ1v) is 7.17. The summed E-state index contributed by atoms with van der Waals surface area (Å²) in [6, 6.07) is 1.95. The standard InChI is InChI=1S/C12H18N2O4S/c1-12(2,3)10(11(15)18-4)14-19(16,17)9-6-5-7-13-8-9/h5-8,10,14H,1-4H3. The van der Waals surface area contributed by atoms with E-state index in [1.54, 1.807) is 20.8 Å². The van der Waals surface area contributed by atoms with Gasteiger partial charge < -0.3 is 4.74 Å². The van der Waals surface area contributed by atoms with Crippen LogP contribution in [0.2, 0.25) is 0 Å². The Morgan fingerprint density at radius 2 is 2.05 bits per heavy atom. The highest BCUT2D eigenvalue weighted by Gasteiger charge is 2.36. The first-order valence-electron chi connectivity index (χ1n) is 5.68. The molecule has 0 aromatic carbocycles. The van der Waals surface area contributed by atoms with Gasteiger partial charge in [-0.25, -0.2) is 8.42 Å². The van der Waals surface area contributed by atoms with E-state index in [1.165, 1.54) is 31.6 Å². The van der Waals surface area contributed by atoms with Crippen LogP contribution in [0.1, 0.15) is 20.8 Å². The average molecular weight is 286 g/mol. The molecule has 0 fully saturated rings. The van der Waals surface area contributed by atoms with Crippen LogP contribution >= 0.6 is 0 Å². The van der Waals surface area contributed by atoms with Crippen LogP contribution in [0.25, 0.3) is 0 Å². The SMILES string of the molecule is COC(=O)C(NS(=O)(=O)c1cccnc1)C(C)(C)C. The number of sulfonamides is 1. The third-order valence-corrected chi connectivity index (χ3v) is 3.93. The highest BCUT2D eigenvalue weighted by Crippen LogP contribution is 2.22. The predicted molar refractivity (Wildman–Crippen MR) is 69.8 cm³/mol. The zero-order chi connectivity index (χ0) is 14.7. The van der Waals surface area contributed by atoms with Gasteiger partial charge in [-0.05, 0) is 17.5 Å². The predicted octanol–water partition coefficient (Wildman–Crippen LogP) is 0.948. The summed E-state index contributed by atoms with van der Waals surface area (Å²) in [6.45, 7) is 5.25. The number of ether oxygens (including phenoxy) is 1. The number of nitrogens with one attached hydrogen (secondary N) is 1. The van der Waals surface area contributed by atoms with Gasteiger partial charge in [0.15, 0.2) is 0 Å². The number of nitrogens with zero attached hydrogens (tertiary/aromatic N) is 1. The van der Waals surface area contributed by atoms with Gasteiger partial charge in [0.1, 0.15) is 10.9 Å². The molecule has 0 radical (unpaired) electrons. The molecular formula is C12H18N2O4S. The number of carbonyl (C=O) groups excluding carboxylic acids is 1. The number of hydrogen-bond acceptors (Lipinski definition) is 5. The van der Waals surface area contributed by atoms with Crippen molar-refractivity contribution in [1.82, 2.24) is 9.71 Å². The van der Waals surface area contributed by atoms with Crippen LogP contribution in [0.15, 0.2) is 29.4 Å². The molecule has 106 valence electrons. The fraction of sp³-hybridized carbons (Fsp3) is 0.500. The molecule has 1 heterocycles.